The topological polar surface area (TPSA) is 44.5 Å². The maximum atomic E-state index is 5.25. The van der Waals surface area contributed by atoms with Crippen LogP contribution in [0.4, 0.5) is 0 Å². The highest BCUT2D eigenvalue weighted by atomic mass is 32.1. The number of aryl methyl sites for hydroxylation is 1. The van der Waals surface area contributed by atoms with E-state index < -0.39 is 0 Å². The highest BCUT2D eigenvalue weighted by Crippen LogP contribution is 2.14. The monoisotopic (exact) mass is 235 g/mol. The van der Waals surface area contributed by atoms with Crippen LogP contribution in [-0.4, -0.2) is 10.4 Å². The second-order valence-corrected chi connectivity index (χ2v) is 3.39. The highest BCUT2D eigenvalue weighted by molar-refractivity contribution is 7.79. The predicted molar refractivity (Wildman–Crippen MR) is 61.5 cm³/mol. The summed E-state index contributed by atoms with van der Waals surface area (Å²) < 4.78 is 15.2. The number of nitrogens with zero attached hydrogens (tertiary/aromatic N) is 1. The van der Waals surface area contributed by atoms with E-state index in [1.54, 1.807) is 25.1 Å². The van der Waals surface area contributed by atoms with Gasteiger partial charge >= 0.3 is 11.2 Å². The minimum absolute atomic E-state index is 0.0256. The molecule has 5 heteroatoms. The van der Waals surface area contributed by atoms with Gasteiger partial charge in [-0.3, -0.25) is 0 Å². The zero-order valence-electron chi connectivity index (χ0n) is 8.54. The lowest BCUT2D eigenvalue weighted by atomic mass is 10.3. The minimum atomic E-state index is -0.0256. The fourth-order valence-electron chi connectivity index (χ4n) is 1.08. The van der Waals surface area contributed by atoms with Crippen molar-refractivity contribution in [3.05, 3.63) is 42.1 Å². The number of benzene rings is 1. The van der Waals surface area contributed by atoms with Crippen molar-refractivity contribution in [2.75, 3.05) is 0 Å². The van der Waals surface area contributed by atoms with Gasteiger partial charge in [0.1, 0.15) is 5.75 Å². The third-order valence-corrected chi connectivity index (χ3v) is 1.90. The molecule has 0 N–H and O–H groups in total. The summed E-state index contributed by atoms with van der Waals surface area (Å²) >= 11 is 4.90. The van der Waals surface area contributed by atoms with Gasteiger partial charge in [0.2, 0.25) is 0 Å². The molecular weight excluding hydrogens is 226 g/mol. The highest BCUT2D eigenvalue weighted by Gasteiger charge is 2.07. The van der Waals surface area contributed by atoms with Gasteiger partial charge in [-0.15, -0.1) is 0 Å². The summed E-state index contributed by atoms with van der Waals surface area (Å²) in [6, 6.07) is 10.8. The van der Waals surface area contributed by atoms with E-state index in [2.05, 4.69) is 5.16 Å². The van der Waals surface area contributed by atoms with Gasteiger partial charge in [0.25, 0.3) is 0 Å². The number of hydrogen-bond donors (Lipinski definition) is 0. The molecule has 4 nitrogen and oxygen atoms in total. The van der Waals surface area contributed by atoms with E-state index in [0.29, 0.717) is 5.75 Å². The Morgan fingerprint density at radius 1 is 1.25 bits per heavy atom. The molecule has 16 heavy (non-hydrogen) atoms. The lowest BCUT2D eigenvalue weighted by molar-refractivity contribution is 0.283. The molecule has 0 aliphatic rings. The minimum Gasteiger partial charge on any atom is -0.417 e. The van der Waals surface area contributed by atoms with Crippen molar-refractivity contribution in [1.29, 1.82) is 0 Å². The number of aromatic nitrogens is 1. The van der Waals surface area contributed by atoms with Gasteiger partial charge < -0.3 is 14.0 Å². The Labute approximate surface area is 97.8 Å². The summed E-state index contributed by atoms with van der Waals surface area (Å²) in [4.78, 5) is 0. The van der Waals surface area contributed by atoms with E-state index in [4.69, 9.17) is 26.2 Å². The smallest absolute Gasteiger partial charge is 0.365 e. The Morgan fingerprint density at radius 2 is 2.00 bits per heavy atom. The molecule has 2 aromatic rings. The molecule has 0 saturated carbocycles. The van der Waals surface area contributed by atoms with E-state index in [1.165, 1.54) is 0 Å². The van der Waals surface area contributed by atoms with Crippen molar-refractivity contribution >= 4 is 17.5 Å². The first-order chi connectivity index (χ1) is 7.74. The SMILES string of the molecule is Cc1cc(OC(=S)Oc2ccccc2)on1. The first-order valence-corrected chi connectivity index (χ1v) is 5.03. The third-order valence-electron chi connectivity index (χ3n) is 1.73. The zero-order valence-corrected chi connectivity index (χ0v) is 9.36. The fraction of sp³-hybridized carbons (Fsp3) is 0.0909. The average Bonchev–Trinajstić information content (AvgIpc) is 2.65. The number of hydrogen-bond acceptors (Lipinski definition) is 5. The van der Waals surface area contributed by atoms with Crippen LogP contribution in [0, 0.1) is 6.92 Å². The van der Waals surface area contributed by atoms with Crippen LogP contribution in [0.2, 0.25) is 0 Å². The van der Waals surface area contributed by atoms with Gasteiger partial charge in [-0.05, 0) is 19.1 Å². The molecule has 1 aromatic heterocycles. The molecule has 82 valence electrons. The van der Waals surface area contributed by atoms with Gasteiger partial charge in [-0.1, -0.05) is 23.4 Å². The second-order valence-electron chi connectivity index (χ2n) is 3.05. The molecule has 0 unspecified atom stereocenters. The molecule has 2 rings (SSSR count). The van der Waals surface area contributed by atoms with Crippen molar-refractivity contribution < 1.29 is 14.0 Å². The largest absolute Gasteiger partial charge is 0.417 e. The van der Waals surface area contributed by atoms with Crippen molar-refractivity contribution in [2.45, 2.75) is 6.92 Å². The quantitative estimate of drug-likeness (QED) is 0.749. The van der Waals surface area contributed by atoms with Gasteiger partial charge in [-0.25, -0.2) is 0 Å². The zero-order chi connectivity index (χ0) is 11.4. The molecule has 0 radical (unpaired) electrons. The first-order valence-electron chi connectivity index (χ1n) is 4.62. The molecule has 0 amide bonds. The van der Waals surface area contributed by atoms with E-state index in [-0.39, 0.29) is 11.2 Å². The average molecular weight is 235 g/mol. The second kappa shape index (κ2) is 4.76. The van der Waals surface area contributed by atoms with Crippen LogP contribution < -0.4 is 9.47 Å². The standard InChI is InChI=1S/C11H9NO3S/c1-8-7-10(15-12-8)14-11(16)13-9-5-3-2-4-6-9/h2-7H,1H3. The van der Waals surface area contributed by atoms with Crippen LogP contribution in [0.1, 0.15) is 5.69 Å². The molecule has 1 heterocycles. The van der Waals surface area contributed by atoms with Gasteiger partial charge in [0.15, 0.2) is 0 Å². The molecule has 0 aliphatic heterocycles. The summed E-state index contributed by atoms with van der Waals surface area (Å²) in [5.74, 6) is 0.835. The predicted octanol–water partition coefficient (Wildman–Crippen LogP) is 2.73. The van der Waals surface area contributed by atoms with Crippen molar-refractivity contribution in [2.24, 2.45) is 0 Å². The summed E-state index contributed by atoms with van der Waals surface area (Å²) in [6.45, 7) is 1.79. The van der Waals surface area contributed by atoms with Crippen LogP contribution in [-0.2, 0) is 0 Å². The Hall–Kier alpha value is -1.88. The molecule has 0 spiro atoms. The van der Waals surface area contributed by atoms with Gasteiger partial charge in [-0.2, -0.15) is 0 Å². The van der Waals surface area contributed by atoms with Crippen LogP contribution >= 0.6 is 12.2 Å². The summed E-state index contributed by atoms with van der Waals surface area (Å²) in [5, 5.41) is 3.64. The molecular formula is C11H9NO3S. The van der Waals surface area contributed by atoms with Crippen molar-refractivity contribution in [3.63, 3.8) is 0 Å². The summed E-state index contributed by atoms with van der Waals surface area (Å²) in [7, 11) is 0. The number of thiocarbonyl (C=S) groups is 1. The van der Waals surface area contributed by atoms with Crippen molar-refractivity contribution in [3.8, 4) is 11.7 Å². The Kier molecular flexibility index (Phi) is 3.16. The number of rotatable bonds is 2. The lowest BCUT2D eigenvalue weighted by Gasteiger charge is -2.04. The Morgan fingerprint density at radius 3 is 2.62 bits per heavy atom. The maximum Gasteiger partial charge on any atom is 0.365 e. The van der Waals surface area contributed by atoms with Crippen LogP contribution in [0.3, 0.4) is 0 Å². The van der Waals surface area contributed by atoms with E-state index in [1.807, 2.05) is 18.2 Å². The van der Waals surface area contributed by atoms with E-state index >= 15 is 0 Å². The van der Waals surface area contributed by atoms with Crippen LogP contribution in [0.15, 0.2) is 40.9 Å². The molecule has 0 fully saturated rings. The fourth-order valence-corrected chi connectivity index (χ4v) is 1.25. The normalized spacial score (nSPS) is 9.81. The van der Waals surface area contributed by atoms with Gasteiger partial charge in [0.05, 0.1) is 5.69 Å². The molecule has 0 saturated heterocycles. The van der Waals surface area contributed by atoms with Crippen LogP contribution in [0.25, 0.3) is 0 Å². The molecule has 0 aliphatic carbocycles. The maximum absolute atomic E-state index is 5.25. The lowest BCUT2D eigenvalue weighted by Crippen LogP contribution is -2.12. The van der Waals surface area contributed by atoms with Gasteiger partial charge in [0, 0.05) is 18.3 Å². The molecule has 0 bridgehead atoms. The van der Waals surface area contributed by atoms with E-state index in [9.17, 15) is 0 Å². The number of ether oxygens (including phenoxy) is 2. The summed E-state index contributed by atoms with van der Waals surface area (Å²) in [6.07, 6.45) is 0. The van der Waals surface area contributed by atoms with Crippen LogP contribution in [0.5, 0.6) is 11.7 Å². The number of para-hydroxylation sites is 1. The Balaban J connectivity index is 1.95. The molecule has 1 aromatic carbocycles. The first kappa shape index (κ1) is 10.6. The third kappa shape index (κ3) is 2.80. The Bertz CT molecular complexity index is 481. The summed E-state index contributed by atoms with van der Waals surface area (Å²) in [5.41, 5.74) is 0.720. The van der Waals surface area contributed by atoms with Crippen molar-refractivity contribution in [1.82, 2.24) is 5.16 Å². The van der Waals surface area contributed by atoms with E-state index in [0.717, 1.165) is 5.69 Å². The molecule has 0 atom stereocenters.